The van der Waals surface area contributed by atoms with Gasteiger partial charge in [-0.1, -0.05) is 27.2 Å². The van der Waals surface area contributed by atoms with E-state index in [1.54, 1.807) is 0 Å². The Morgan fingerprint density at radius 3 is 2.74 bits per heavy atom. The first-order valence-electron chi connectivity index (χ1n) is 8.25. The summed E-state index contributed by atoms with van der Waals surface area (Å²) in [7, 11) is 0. The summed E-state index contributed by atoms with van der Waals surface area (Å²) in [5.74, 6) is 0.749. The minimum absolute atomic E-state index is 0.715. The maximum absolute atomic E-state index is 5.76. The van der Waals surface area contributed by atoms with Crippen molar-refractivity contribution in [2.45, 2.75) is 58.9 Å². The molecule has 1 saturated heterocycles. The Hall–Kier alpha value is -0.120. The molecule has 0 amide bonds. The number of rotatable bonds is 11. The minimum Gasteiger partial charge on any atom is -0.380 e. The standard InChI is InChI=1S/C16H34N2O/c1-4-5-10-18(14-16-7-6-9-17-16)11-13-19-12-8-15(2)3/h15-17H,4-14H2,1-3H3. The van der Waals surface area contributed by atoms with Gasteiger partial charge < -0.3 is 10.1 Å². The summed E-state index contributed by atoms with van der Waals surface area (Å²) in [6, 6.07) is 0.715. The van der Waals surface area contributed by atoms with Gasteiger partial charge in [-0.05, 0) is 44.7 Å². The van der Waals surface area contributed by atoms with Crippen molar-refractivity contribution in [3.05, 3.63) is 0 Å². The van der Waals surface area contributed by atoms with E-state index in [0.29, 0.717) is 6.04 Å². The third kappa shape index (κ3) is 8.61. The van der Waals surface area contributed by atoms with E-state index in [9.17, 15) is 0 Å². The van der Waals surface area contributed by atoms with Crippen LogP contribution in [0.4, 0.5) is 0 Å². The Morgan fingerprint density at radius 2 is 2.11 bits per heavy atom. The summed E-state index contributed by atoms with van der Waals surface area (Å²) in [5, 5.41) is 3.60. The molecule has 0 aromatic rings. The van der Waals surface area contributed by atoms with E-state index < -0.39 is 0 Å². The van der Waals surface area contributed by atoms with Crippen LogP contribution in [0, 0.1) is 5.92 Å². The number of ether oxygens (including phenoxy) is 1. The van der Waals surface area contributed by atoms with Crippen molar-refractivity contribution in [2.75, 3.05) is 39.4 Å². The molecule has 1 aliphatic rings. The third-order valence-electron chi connectivity index (χ3n) is 3.86. The third-order valence-corrected chi connectivity index (χ3v) is 3.86. The molecule has 0 spiro atoms. The summed E-state index contributed by atoms with van der Waals surface area (Å²) < 4.78 is 5.76. The highest BCUT2D eigenvalue weighted by atomic mass is 16.5. The SMILES string of the molecule is CCCCN(CCOCCC(C)C)CC1CCCN1. The minimum atomic E-state index is 0.715. The van der Waals surface area contributed by atoms with Crippen molar-refractivity contribution in [3.8, 4) is 0 Å². The Kier molecular flexibility index (Phi) is 9.48. The molecule has 1 fully saturated rings. The van der Waals surface area contributed by atoms with Gasteiger partial charge in [-0.2, -0.15) is 0 Å². The van der Waals surface area contributed by atoms with Crippen molar-refractivity contribution in [1.82, 2.24) is 10.2 Å². The number of hydrogen-bond donors (Lipinski definition) is 1. The second-order valence-electron chi connectivity index (χ2n) is 6.24. The normalized spacial score (nSPS) is 19.7. The lowest BCUT2D eigenvalue weighted by Gasteiger charge is -2.25. The molecule has 1 rings (SSSR count). The van der Waals surface area contributed by atoms with Gasteiger partial charge in [-0.3, -0.25) is 4.90 Å². The molecule has 19 heavy (non-hydrogen) atoms. The van der Waals surface area contributed by atoms with Crippen molar-refractivity contribution < 1.29 is 4.74 Å². The molecule has 0 radical (unpaired) electrons. The van der Waals surface area contributed by atoms with E-state index in [1.165, 1.54) is 51.7 Å². The van der Waals surface area contributed by atoms with E-state index >= 15 is 0 Å². The van der Waals surface area contributed by atoms with Gasteiger partial charge in [-0.15, -0.1) is 0 Å². The van der Waals surface area contributed by atoms with Gasteiger partial charge in [0.05, 0.1) is 6.61 Å². The molecular formula is C16H34N2O. The predicted molar refractivity (Wildman–Crippen MR) is 82.6 cm³/mol. The number of nitrogens with one attached hydrogen (secondary N) is 1. The molecule has 0 saturated carbocycles. The van der Waals surface area contributed by atoms with Crippen LogP contribution in [0.15, 0.2) is 0 Å². The molecule has 1 N–H and O–H groups in total. The highest BCUT2D eigenvalue weighted by Crippen LogP contribution is 2.08. The molecule has 1 atom stereocenters. The van der Waals surface area contributed by atoms with Crippen LogP contribution in [-0.2, 0) is 4.74 Å². The smallest absolute Gasteiger partial charge is 0.0593 e. The van der Waals surface area contributed by atoms with Crippen molar-refractivity contribution >= 4 is 0 Å². The number of unbranched alkanes of at least 4 members (excludes halogenated alkanes) is 1. The van der Waals surface area contributed by atoms with Crippen LogP contribution < -0.4 is 5.32 Å². The van der Waals surface area contributed by atoms with Gasteiger partial charge in [-0.25, -0.2) is 0 Å². The lowest BCUT2D eigenvalue weighted by atomic mass is 10.1. The van der Waals surface area contributed by atoms with Crippen molar-refractivity contribution in [3.63, 3.8) is 0 Å². The van der Waals surface area contributed by atoms with Gasteiger partial charge in [0.1, 0.15) is 0 Å². The molecule has 1 heterocycles. The van der Waals surface area contributed by atoms with Gasteiger partial charge >= 0.3 is 0 Å². The van der Waals surface area contributed by atoms with Crippen LogP contribution in [0.2, 0.25) is 0 Å². The summed E-state index contributed by atoms with van der Waals surface area (Å²) >= 11 is 0. The van der Waals surface area contributed by atoms with Gasteiger partial charge in [0, 0.05) is 25.7 Å². The van der Waals surface area contributed by atoms with Crippen molar-refractivity contribution in [1.29, 1.82) is 0 Å². The van der Waals surface area contributed by atoms with E-state index in [1.807, 2.05) is 0 Å². The molecule has 0 aromatic carbocycles. The van der Waals surface area contributed by atoms with Crippen LogP contribution in [0.25, 0.3) is 0 Å². The zero-order chi connectivity index (χ0) is 13.9. The fourth-order valence-corrected chi connectivity index (χ4v) is 2.52. The summed E-state index contributed by atoms with van der Waals surface area (Å²) in [4.78, 5) is 2.59. The molecule has 114 valence electrons. The lowest BCUT2D eigenvalue weighted by Crippen LogP contribution is -2.39. The second kappa shape index (κ2) is 10.6. The average molecular weight is 270 g/mol. The predicted octanol–water partition coefficient (Wildman–Crippen LogP) is 2.90. The molecule has 3 nitrogen and oxygen atoms in total. The quantitative estimate of drug-likeness (QED) is 0.584. The largest absolute Gasteiger partial charge is 0.380 e. The molecule has 1 unspecified atom stereocenters. The van der Waals surface area contributed by atoms with E-state index in [2.05, 4.69) is 31.0 Å². The monoisotopic (exact) mass is 270 g/mol. The van der Waals surface area contributed by atoms with Crippen LogP contribution >= 0.6 is 0 Å². The van der Waals surface area contributed by atoms with Gasteiger partial charge in [0.25, 0.3) is 0 Å². The molecule has 0 bridgehead atoms. The fourth-order valence-electron chi connectivity index (χ4n) is 2.52. The Labute approximate surface area is 120 Å². The zero-order valence-corrected chi connectivity index (χ0v) is 13.3. The van der Waals surface area contributed by atoms with Crippen LogP contribution in [0.3, 0.4) is 0 Å². The van der Waals surface area contributed by atoms with E-state index in [4.69, 9.17) is 4.74 Å². The Bertz CT molecular complexity index is 203. The van der Waals surface area contributed by atoms with Gasteiger partial charge in [0.2, 0.25) is 0 Å². The Balaban J connectivity index is 2.12. The summed E-state index contributed by atoms with van der Waals surface area (Å²) in [6.45, 7) is 13.3. The molecule has 0 aromatic heterocycles. The Morgan fingerprint density at radius 1 is 1.26 bits per heavy atom. The van der Waals surface area contributed by atoms with Crippen LogP contribution in [0.1, 0.15) is 52.9 Å². The lowest BCUT2D eigenvalue weighted by molar-refractivity contribution is 0.0928. The van der Waals surface area contributed by atoms with E-state index in [0.717, 1.165) is 25.7 Å². The maximum atomic E-state index is 5.76. The summed E-state index contributed by atoms with van der Waals surface area (Å²) in [5.41, 5.74) is 0. The van der Waals surface area contributed by atoms with Crippen LogP contribution in [-0.4, -0.2) is 50.3 Å². The maximum Gasteiger partial charge on any atom is 0.0593 e. The number of hydrogen-bond acceptors (Lipinski definition) is 3. The molecule has 0 aliphatic carbocycles. The molecular weight excluding hydrogens is 236 g/mol. The highest BCUT2D eigenvalue weighted by Gasteiger charge is 2.17. The first-order valence-corrected chi connectivity index (χ1v) is 8.25. The fraction of sp³-hybridized carbons (Fsp3) is 1.00. The molecule has 1 aliphatic heterocycles. The highest BCUT2D eigenvalue weighted by molar-refractivity contribution is 4.77. The summed E-state index contributed by atoms with van der Waals surface area (Å²) in [6.07, 6.45) is 6.45. The average Bonchev–Trinajstić information content (AvgIpc) is 2.87. The second-order valence-corrected chi connectivity index (χ2v) is 6.24. The first-order chi connectivity index (χ1) is 9.22. The van der Waals surface area contributed by atoms with Crippen molar-refractivity contribution in [2.24, 2.45) is 5.92 Å². The first kappa shape index (κ1) is 16.9. The zero-order valence-electron chi connectivity index (χ0n) is 13.3. The molecule has 3 heteroatoms. The number of nitrogens with zero attached hydrogens (tertiary/aromatic N) is 1. The van der Waals surface area contributed by atoms with Crippen LogP contribution in [0.5, 0.6) is 0 Å². The topological polar surface area (TPSA) is 24.5 Å². The van der Waals surface area contributed by atoms with E-state index in [-0.39, 0.29) is 0 Å². The van der Waals surface area contributed by atoms with Gasteiger partial charge in [0.15, 0.2) is 0 Å².